The predicted octanol–water partition coefficient (Wildman–Crippen LogP) is 0.186. The first kappa shape index (κ1) is 6.94. The fourth-order valence-electron chi connectivity index (χ4n) is 0.508. The molecule has 0 spiro atoms. The Bertz CT molecular complexity index is 150. The monoisotopic (exact) mass is 242 g/mol. The molecular weight excluding hydrogens is 235 g/mol. The number of hydrogen-bond donors (Lipinski definition) is 2. The molecule has 0 aliphatic carbocycles. The minimum Gasteiger partial charge on any atom is -0.428 e. The van der Waals surface area contributed by atoms with E-state index in [9.17, 15) is 0 Å². The molecule has 0 radical (unpaired) electrons. The molecule has 1 heterocycles. The molecule has 0 amide bonds. The summed E-state index contributed by atoms with van der Waals surface area (Å²) < 4.78 is 10.3. The molecule has 0 bridgehead atoms. The highest BCUT2D eigenvalue weighted by molar-refractivity contribution is 14.1. The first-order valence-electron chi connectivity index (χ1n) is 2.33. The van der Waals surface area contributed by atoms with Crippen LogP contribution in [0.1, 0.15) is 6.92 Å². The molecule has 1 rings (SSSR count). The van der Waals surface area contributed by atoms with E-state index in [0.717, 1.165) is 0 Å². The Morgan fingerprint density at radius 2 is 2.11 bits per heavy atom. The minimum atomic E-state index is -1.07. The summed E-state index contributed by atoms with van der Waals surface area (Å²) in [4.78, 5) is 0. The van der Waals surface area contributed by atoms with Gasteiger partial charge in [0.25, 0.3) is 0 Å². The standard InChI is InChI=1S/C4H7IN2O2/c1-4(7)8-2(5)3(6)9-4/h6-7H2,1H3. The molecule has 1 unspecified atom stereocenters. The third-order valence-electron chi connectivity index (χ3n) is 0.799. The van der Waals surface area contributed by atoms with Crippen LogP contribution in [0.3, 0.4) is 0 Å². The maximum Gasteiger partial charge on any atom is 0.309 e. The summed E-state index contributed by atoms with van der Waals surface area (Å²) in [5.74, 6) is -0.818. The Kier molecular flexibility index (Phi) is 1.47. The van der Waals surface area contributed by atoms with Crippen molar-refractivity contribution in [2.45, 2.75) is 12.8 Å². The van der Waals surface area contributed by atoms with E-state index in [4.69, 9.17) is 20.9 Å². The van der Waals surface area contributed by atoms with Gasteiger partial charge in [-0.05, 0) is 0 Å². The van der Waals surface area contributed by atoms with Crippen molar-refractivity contribution in [2.24, 2.45) is 11.5 Å². The molecule has 4 N–H and O–H groups in total. The van der Waals surface area contributed by atoms with Gasteiger partial charge in [0.1, 0.15) is 0 Å². The molecule has 1 aliphatic rings. The van der Waals surface area contributed by atoms with Gasteiger partial charge in [0.05, 0.1) is 0 Å². The zero-order chi connectivity index (χ0) is 7.07. The van der Waals surface area contributed by atoms with Gasteiger partial charge in [-0.2, -0.15) is 0 Å². The van der Waals surface area contributed by atoms with E-state index in [1.54, 1.807) is 6.92 Å². The zero-order valence-corrected chi connectivity index (χ0v) is 7.01. The molecule has 9 heavy (non-hydrogen) atoms. The molecule has 4 nitrogen and oxygen atoms in total. The van der Waals surface area contributed by atoms with E-state index >= 15 is 0 Å². The van der Waals surface area contributed by atoms with Crippen molar-refractivity contribution in [1.29, 1.82) is 0 Å². The number of ether oxygens (including phenoxy) is 2. The second kappa shape index (κ2) is 1.91. The molecule has 1 aliphatic heterocycles. The lowest BCUT2D eigenvalue weighted by Crippen LogP contribution is -2.37. The van der Waals surface area contributed by atoms with Gasteiger partial charge in [-0.15, -0.1) is 0 Å². The predicted molar refractivity (Wildman–Crippen MR) is 40.0 cm³/mol. The van der Waals surface area contributed by atoms with Crippen LogP contribution in [0.15, 0.2) is 9.65 Å². The van der Waals surface area contributed by atoms with E-state index in [-0.39, 0.29) is 5.88 Å². The lowest BCUT2D eigenvalue weighted by Gasteiger charge is -2.16. The highest BCUT2D eigenvalue weighted by atomic mass is 127. The van der Waals surface area contributed by atoms with Crippen LogP contribution < -0.4 is 11.5 Å². The molecule has 1 atom stereocenters. The Labute approximate surface area is 66.3 Å². The van der Waals surface area contributed by atoms with Gasteiger partial charge >= 0.3 is 5.91 Å². The lowest BCUT2D eigenvalue weighted by molar-refractivity contribution is -0.128. The van der Waals surface area contributed by atoms with Crippen LogP contribution in [0.2, 0.25) is 0 Å². The Morgan fingerprint density at radius 1 is 1.56 bits per heavy atom. The summed E-state index contributed by atoms with van der Waals surface area (Å²) in [5, 5.41) is 0. The normalized spacial score (nSPS) is 34.1. The van der Waals surface area contributed by atoms with Gasteiger partial charge in [-0.1, -0.05) is 0 Å². The van der Waals surface area contributed by atoms with E-state index in [1.165, 1.54) is 0 Å². The van der Waals surface area contributed by atoms with E-state index in [1.807, 2.05) is 22.6 Å². The molecule has 5 heteroatoms. The third-order valence-corrected chi connectivity index (χ3v) is 1.55. The van der Waals surface area contributed by atoms with Crippen LogP contribution in [0, 0.1) is 0 Å². The second-order valence-electron chi connectivity index (χ2n) is 1.86. The molecule has 0 saturated heterocycles. The number of rotatable bonds is 0. The van der Waals surface area contributed by atoms with Crippen LogP contribution in [0.5, 0.6) is 0 Å². The smallest absolute Gasteiger partial charge is 0.309 e. The van der Waals surface area contributed by atoms with Crippen molar-refractivity contribution in [1.82, 2.24) is 0 Å². The van der Waals surface area contributed by atoms with Crippen LogP contribution in [-0.4, -0.2) is 5.91 Å². The fourth-order valence-corrected chi connectivity index (χ4v) is 1.05. The topological polar surface area (TPSA) is 70.5 Å². The maximum absolute atomic E-state index is 5.39. The van der Waals surface area contributed by atoms with Crippen molar-refractivity contribution in [3.05, 3.63) is 9.65 Å². The summed E-state index contributed by atoms with van der Waals surface area (Å²) in [5.41, 5.74) is 10.7. The highest BCUT2D eigenvalue weighted by Crippen LogP contribution is 2.27. The van der Waals surface area contributed by atoms with Gasteiger partial charge in [0.2, 0.25) is 9.65 Å². The lowest BCUT2D eigenvalue weighted by atomic mass is 10.6. The van der Waals surface area contributed by atoms with E-state index in [2.05, 4.69) is 0 Å². The van der Waals surface area contributed by atoms with E-state index in [0.29, 0.717) is 3.77 Å². The van der Waals surface area contributed by atoms with Gasteiger partial charge in [0, 0.05) is 29.5 Å². The summed E-state index contributed by atoms with van der Waals surface area (Å²) in [6, 6.07) is 0. The number of halogens is 1. The summed E-state index contributed by atoms with van der Waals surface area (Å²) in [6.07, 6.45) is 0. The highest BCUT2D eigenvalue weighted by Gasteiger charge is 2.32. The van der Waals surface area contributed by atoms with Crippen molar-refractivity contribution in [2.75, 3.05) is 0 Å². The van der Waals surface area contributed by atoms with Gasteiger partial charge in [-0.3, -0.25) is 5.73 Å². The zero-order valence-electron chi connectivity index (χ0n) is 4.85. The first-order chi connectivity index (χ1) is 4.01. The molecule has 0 fully saturated rings. The summed E-state index contributed by atoms with van der Waals surface area (Å²) in [7, 11) is 0. The maximum atomic E-state index is 5.39. The Hall–Kier alpha value is -0.170. The first-order valence-corrected chi connectivity index (χ1v) is 3.41. The molecular formula is C4H7IN2O2. The van der Waals surface area contributed by atoms with Crippen molar-refractivity contribution in [3.63, 3.8) is 0 Å². The number of hydrogen-bond acceptors (Lipinski definition) is 4. The fraction of sp³-hybridized carbons (Fsp3) is 0.500. The van der Waals surface area contributed by atoms with Crippen LogP contribution in [-0.2, 0) is 9.47 Å². The van der Waals surface area contributed by atoms with Crippen molar-refractivity contribution in [3.8, 4) is 0 Å². The van der Waals surface area contributed by atoms with E-state index < -0.39 is 5.91 Å². The summed E-state index contributed by atoms with van der Waals surface area (Å²) >= 11 is 1.91. The van der Waals surface area contributed by atoms with Crippen LogP contribution in [0.25, 0.3) is 0 Å². The van der Waals surface area contributed by atoms with Crippen molar-refractivity contribution < 1.29 is 9.47 Å². The molecule has 0 saturated carbocycles. The average molecular weight is 242 g/mol. The Morgan fingerprint density at radius 3 is 2.22 bits per heavy atom. The quantitative estimate of drug-likeness (QED) is 0.594. The molecule has 0 aromatic heterocycles. The van der Waals surface area contributed by atoms with Gasteiger partial charge < -0.3 is 15.2 Å². The van der Waals surface area contributed by atoms with Crippen LogP contribution in [0.4, 0.5) is 0 Å². The average Bonchev–Trinajstić information content (AvgIpc) is 1.79. The summed E-state index contributed by atoms with van der Waals surface area (Å²) in [6.45, 7) is 1.59. The molecule has 52 valence electrons. The Balaban J connectivity index is 2.70. The third kappa shape index (κ3) is 1.39. The number of nitrogens with two attached hydrogens (primary N) is 2. The SMILES string of the molecule is CC1(N)OC(N)=C(I)O1. The molecule has 0 aromatic rings. The van der Waals surface area contributed by atoms with Gasteiger partial charge in [-0.25, -0.2) is 0 Å². The second-order valence-corrected chi connectivity index (χ2v) is 2.84. The molecule has 0 aromatic carbocycles. The van der Waals surface area contributed by atoms with Gasteiger partial charge in [0.15, 0.2) is 0 Å². The van der Waals surface area contributed by atoms with Crippen molar-refractivity contribution >= 4 is 22.6 Å². The van der Waals surface area contributed by atoms with Crippen LogP contribution >= 0.6 is 22.6 Å². The minimum absolute atomic E-state index is 0.251. The largest absolute Gasteiger partial charge is 0.428 e.